The van der Waals surface area contributed by atoms with Crippen LogP contribution in [0.4, 0.5) is 0 Å². The van der Waals surface area contributed by atoms with E-state index in [1.165, 1.54) is 0 Å². The standard InChI is InChI=1S/C12H20N2O2/c1-5-9(4)14-8-10(12(15)16-7-3)13-11(14)6-2/h8-9H,5-7H2,1-4H3. The van der Waals surface area contributed by atoms with E-state index in [2.05, 4.69) is 23.4 Å². The van der Waals surface area contributed by atoms with Gasteiger partial charge < -0.3 is 9.30 Å². The van der Waals surface area contributed by atoms with Crippen molar-refractivity contribution in [2.75, 3.05) is 6.61 Å². The molecular weight excluding hydrogens is 204 g/mol. The number of aryl methyl sites for hydroxylation is 1. The van der Waals surface area contributed by atoms with Crippen molar-refractivity contribution in [1.29, 1.82) is 0 Å². The van der Waals surface area contributed by atoms with Crippen LogP contribution >= 0.6 is 0 Å². The summed E-state index contributed by atoms with van der Waals surface area (Å²) in [7, 11) is 0. The Morgan fingerprint density at radius 1 is 1.50 bits per heavy atom. The SMILES string of the molecule is CCOC(=O)c1cn(C(C)CC)c(CC)n1. The molecule has 1 atom stereocenters. The summed E-state index contributed by atoms with van der Waals surface area (Å²) in [5.74, 6) is 0.608. The van der Waals surface area contributed by atoms with Gasteiger partial charge in [-0.25, -0.2) is 9.78 Å². The lowest BCUT2D eigenvalue weighted by Crippen LogP contribution is -2.06. The predicted molar refractivity (Wildman–Crippen MR) is 62.6 cm³/mol. The second kappa shape index (κ2) is 5.68. The molecule has 1 rings (SSSR count). The highest BCUT2D eigenvalue weighted by Crippen LogP contribution is 2.15. The average molecular weight is 224 g/mol. The lowest BCUT2D eigenvalue weighted by molar-refractivity contribution is 0.0520. The number of ether oxygens (including phenoxy) is 1. The molecular formula is C12H20N2O2. The summed E-state index contributed by atoms with van der Waals surface area (Å²) in [5, 5.41) is 0. The first-order chi connectivity index (χ1) is 7.63. The van der Waals surface area contributed by atoms with E-state index in [1.807, 2.05) is 6.92 Å². The first kappa shape index (κ1) is 12.7. The molecule has 0 aliphatic heterocycles. The molecule has 90 valence electrons. The summed E-state index contributed by atoms with van der Waals surface area (Å²) in [5.41, 5.74) is 0.416. The molecule has 0 aliphatic rings. The van der Waals surface area contributed by atoms with Crippen LogP contribution in [-0.2, 0) is 11.2 Å². The summed E-state index contributed by atoms with van der Waals surface area (Å²) >= 11 is 0. The van der Waals surface area contributed by atoms with Gasteiger partial charge in [0.1, 0.15) is 5.82 Å². The summed E-state index contributed by atoms with van der Waals surface area (Å²) < 4.78 is 7.00. The normalized spacial score (nSPS) is 12.5. The summed E-state index contributed by atoms with van der Waals surface area (Å²) in [4.78, 5) is 15.8. The second-order valence-corrected chi connectivity index (χ2v) is 3.78. The average Bonchev–Trinajstić information content (AvgIpc) is 2.72. The van der Waals surface area contributed by atoms with Crippen LogP contribution in [0, 0.1) is 0 Å². The highest BCUT2D eigenvalue weighted by atomic mass is 16.5. The van der Waals surface area contributed by atoms with Gasteiger partial charge in [-0.15, -0.1) is 0 Å². The third-order valence-corrected chi connectivity index (χ3v) is 2.68. The van der Waals surface area contributed by atoms with Crippen LogP contribution in [0.5, 0.6) is 0 Å². The Balaban J connectivity index is 2.97. The molecule has 0 bridgehead atoms. The van der Waals surface area contributed by atoms with Crippen LogP contribution in [0.25, 0.3) is 0 Å². The van der Waals surface area contributed by atoms with Gasteiger partial charge in [0, 0.05) is 18.7 Å². The number of hydrogen-bond donors (Lipinski definition) is 0. The van der Waals surface area contributed by atoms with Crippen molar-refractivity contribution in [3.63, 3.8) is 0 Å². The van der Waals surface area contributed by atoms with E-state index >= 15 is 0 Å². The van der Waals surface area contributed by atoms with E-state index in [-0.39, 0.29) is 5.97 Å². The van der Waals surface area contributed by atoms with Gasteiger partial charge in [-0.05, 0) is 20.3 Å². The predicted octanol–water partition coefficient (Wildman–Crippen LogP) is 2.59. The summed E-state index contributed by atoms with van der Waals surface area (Å²) in [6, 6.07) is 0.366. The lowest BCUT2D eigenvalue weighted by atomic mass is 10.2. The molecule has 4 heteroatoms. The lowest BCUT2D eigenvalue weighted by Gasteiger charge is -2.12. The maximum atomic E-state index is 11.5. The molecule has 0 spiro atoms. The third kappa shape index (κ3) is 2.62. The molecule has 16 heavy (non-hydrogen) atoms. The first-order valence-corrected chi connectivity index (χ1v) is 5.88. The Labute approximate surface area is 96.6 Å². The fraction of sp³-hybridized carbons (Fsp3) is 0.667. The van der Waals surface area contributed by atoms with Crippen molar-refractivity contribution >= 4 is 5.97 Å². The Bertz CT molecular complexity index is 358. The highest BCUT2D eigenvalue weighted by Gasteiger charge is 2.16. The fourth-order valence-corrected chi connectivity index (χ4v) is 1.58. The number of rotatable bonds is 5. The first-order valence-electron chi connectivity index (χ1n) is 5.88. The Morgan fingerprint density at radius 2 is 2.19 bits per heavy atom. The minimum Gasteiger partial charge on any atom is -0.461 e. The molecule has 0 radical (unpaired) electrons. The molecule has 0 amide bonds. The molecule has 0 aromatic carbocycles. The van der Waals surface area contributed by atoms with E-state index < -0.39 is 0 Å². The monoisotopic (exact) mass is 224 g/mol. The van der Waals surface area contributed by atoms with Gasteiger partial charge >= 0.3 is 5.97 Å². The number of carbonyl (C=O) groups is 1. The van der Waals surface area contributed by atoms with Crippen molar-refractivity contribution in [3.05, 3.63) is 17.7 Å². The van der Waals surface area contributed by atoms with Crippen LogP contribution in [0.1, 0.15) is 56.5 Å². The van der Waals surface area contributed by atoms with Gasteiger partial charge in [0.2, 0.25) is 0 Å². The number of imidazole rings is 1. The van der Waals surface area contributed by atoms with Gasteiger partial charge in [-0.1, -0.05) is 13.8 Å². The molecule has 0 N–H and O–H groups in total. The van der Waals surface area contributed by atoms with Crippen LogP contribution in [0.3, 0.4) is 0 Å². The molecule has 4 nitrogen and oxygen atoms in total. The largest absolute Gasteiger partial charge is 0.461 e. The zero-order valence-electron chi connectivity index (χ0n) is 10.5. The highest BCUT2D eigenvalue weighted by molar-refractivity contribution is 5.87. The number of esters is 1. The zero-order chi connectivity index (χ0) is 12.1. The van der Waals surface area contributed by atoms with Crippen molar-refractivity contribution in [1.82, 2.24) is 9.55 Å². The van der Waals surface area contributed by atoms with Gasteiger partial charge in [0.25, 0.3) is 0 Å². The fourth-order valence-electron chi connectivity index (χ4n) is 1.58. The maximum Gasteiger partial charge on any atom is 0.358 e. The Morgan fingerprint density at radius 3 is 2.69 bits per heavy atom. The summed E-state index contributed by atoms with van der Waals surface area (Å²) in [6.45, 7) is 8.46. The number of carbonyl (C=O) groups excluding carboxylic acids is 1. The number of nitrogens with zero attached hydrogens (tertiary/aromatic N) is 2. The molecule has 1 aromatic rings. The van der Waals surface area contributed by atoms with Crippen LogP contribution < -0.4 is 0 Å². The van der Waals surface area contributed by atoms with Crippen molar-refractivity contribution in [2.24, 2.45) is 0 Å². The molecule has 1 heterocycles. The van der Waals surface area contributed by atoms with E-state index in [4.69, 9.17) is 4.74 Å². The smallest absolute Gasteiger partial charge is 0.358 e. The minimum atomic E-state index is -0.334. The van der Waals surface area contributed by atoms with E-state index in [0.717, 1.165) is 18.7 Å². The van der Waals surface area contributed by atoms with Crippen molar-refractivity contribution in [3.8, 4) is 0 Å². The van der Waals surface area contributed by atoms with E-state index in [1.54, 1.807) is 13.1 Å². The van der Waals surface area contributed by atoms with Crippen LogP contribution in [0.15, 0.2) is 6.20 Å². The molecule has 0 fully saturated rings. The molecule has 0 aliphatic carbocycles. The number of hydrogen-bond acceptors (Lipinski definition) is 3. The quantitative estimate of drug-likeness (QED) is 0.722. The van der Waals surface area contributed by atoms with Gasteiger partial charge in [-0.3, -0.25) is 0 Å². The summed E-state index contributed by atoms with van der Waals surface area (Å²) in [6.07, 6.45) is 3.64. The molecule has 0 saturated heterocycles. The second-order valence-electron chi connectivity index (χ2n) is 3.78. The van der Waals surface area contributed by atoms with E-state index in [9.17, 15) is 4.79 Å². The Kier molecular flexibility index (Phi) is 4.52. The minimum absolute atomic E-state index is 0.334. The Hall–Kier alpha value is -1.32. The van der Waals surface area contributed by atoms with E-state index in [0.29, 0.717) is 18.3 Å². The van der Waals surface area contributed by atoms with Gasteiger partial charge in [-0.2, -0.15) is 0 Å². The molecule has 1 aromatic heterocycles. The topological polar surface area (TPSA) is 44.1 Å². The maximum absolute atomic E-state index is 11.5. The van der Waals surface area contributed by atoms with Gasteiger partial charge in [0.15, 0.2) is 5.69 Å². The van der Waals surface area contributed by atoms with Gasteiger partial charge in [0.05, 0.1) is 6.61 Å². The van der Waals surface area contributed by atoms with Crippen LogP contribution in [0.2, 0.25) is 0 Å². The van der Waals surface area contributed by atoms with Crippen LogP contribution in [-0.4, -0.2) is 22.1 Å². The van der Waals surface area contributed by atoms with Crippen molar-refractivity contribution < 1.29 is 9.53 Å². The molecule has 1 unspecified atom stereocenters. The van der Waals surface area contributed by atoms with Crippen molar-refractivity contribution in [2.45, 2.75) is 46.6 Å². The zero-order valence-corrected chi connectivity index (χ0v) is 10.5. The number of aromatic nitrogens is 2. The molecule has 0 saturated carbocycles. The third-order valence-electron chi connectivity index (χ3n) is 2.68.